The van der Waals surface area contributed by atoms with Gasteiger partial charge in [-0.2, -0.15) is 0 Å². The SMILES string of the molecule is CC(C)Oc1cncc(C2CCC(=O)C2)c1. The van der Waals surface area contributed by atoms with Crippen LogP contribution in [0.5, 0.6) is 5.75 Å². The van der Waals surface area contributed by atoms with Crippen LogP contribution in [0.3, 0.4) is 0 Å². The lowest BCUT2D eigenvalue weighted by molar-refractivity contribution is -0.117. The molecule has 3 nitrogen and oxygen atoms in total. The lowest BCUT2D eigenvalue weighted by Gasteiger charge is -2.12. The van der Waals surface area contributed by atoms with Crippen LogP contribution in [0.1, 0.15) is 44.6 Å². The van der Waals surface area contributed by atoms with E-state index in [1.54, 1.807) is 6.20 Å². The van der Waals surface area contributed by atoms with Crippen LogP contribution in [-0.2, 0) is 4.79 Å². The third-order valence-electron chi connectivity index (χ3n) is 2.82. The molecule has 2 rings (SSSR count). The number of rotatable bonds is 3. The first-order valence-electron chi connectivity index (χ1n) is 5.78. The van der Waals surface area contributed by atoms with Crippen molar-refractivity contribution in [2.24, 2.45) is 0 Å². The summed E-state index contributed by atoms with van der Waals surface area (Å²) in [7, 11) is 0. The van der Waals surface area contributed by atoms with Crippen LogP contribution in [0.2, 0.25) is 0 Å². The molecule has 16 heavy (non-hydrogen) atoms. The lowest BCUT2D eigenvalue weighted by Crippen LogP contribution is -2.06. The van der Waals surface area contributed by atoms with Crippen LogP contribution in [-0.4, -0.2) is 16.9 Å². The third-order valence-corrected chi connectivity index (χ3v) is 2.82. The molecule has 0 N–H and O–H groups in total. The second-order valence-corrected chi connectivity index (χ2v) is 4.60. The van der Waals surface area contributed by atoms with Crippen molar-refractivity contribution < 1.29 is 9.53 Å². The first-order chi connectivity index (χ1) is 7.65. The van der Waals surface area contributed by atoms with Crippen LogP contribution < -0.4 is 4.74 Å². The van der Waals surface area contributed by atoms with Gasteiger partial charge in [0.25, 0.3) is 0 Å². The zero-order valence-electron chi connectivity index (χ0n) is 9.77. The van der Waals surface area contributed by atoms with Crippen LogP contribution in [0.25, 0.3) is 0 Å². The van der Waals surface area contributed by atoms with Gasteiger partial charge in [0.05, 0.1) is 12.3 Å². The van der Waals surface area contributed by atoms with Crippen molar-refractivity contribution >= 4 is 5.78 Å². The largest absolute Gasteiger partial charge is 0.489 e. The lowest BCUT2D eigenvalue weighted by atomic mass is 9.99. The summed E-state index contributed by atoms with van der Waals surface area (Å²) in [4.78, 5) is 15.4. The second kappa shape index (κ2) is 4.64. The number of ketones is 1. The summed E-state index contributed by atoms with van der Waals surface area (Å²) in [6, 6.07) is 2.01. The Bertz CT molecular complexity index is 387. The normalized spacial score (nSPS) is 20.4. The van der Waals surface area contributed by atoms with Gasteiger partial charge >= 0.3 is 0 Å². The molecule has 1 atom stereocenters. The molecular formula is C13H17NO2. The Morgan fingerprint density at radius 2 is 2.25 bits per heavy atom. The summed E-state index contributed by atoms with van der Waals surface area (Å²) in [5.41, 5.74) is 1.13. The van der Waals surface area contributed by atoms with Crippen LogP contribution in [0.4, 0.5) is 0 Å². The molecule has 1 heterocycles. The smallest absolute Gasteiger partial charge is 0.138 e. The van der Waals surface area contributed by atoms with Crippen molar-refractivity contribution in [1.29, 1.82) is 0 Å². The molecule has 1 fully saturated rings. The van der Waals surface area contributed by atoms with Crippen molar-refractivity contribution in [2.45, 2.75) is 45.1 Å². The molecule has 1 saturated carbocycles. The van der Waals surface area contributed by atoms with Crippen molar-refractivity contribution in [3.8, 4) is 5.75 Å². The van der Waals surface area contributed by atoms with E-state index in [1.165, 1.54) is 0 Å². The van der Waals surface area contributed by atoms with E-state index in [0.717, 1.165) is 17.7 Å². The van der Waals surface area contributed by atoms with E-state index >= 15 is 0 Å². The molecule has 3 heteroatoms. The molecular weight excluding hydrogens is 202 g/mol. The summed E-state index contributed by atoms with van der Waals surface area (Å²) in [6.45, 7) is 3.98. The topological polar surface area (TPSA) is 39.2 Å². The maximum absolute atomic E-state index is 11.2. The molecule has 0 spiro atoms. The zero-order chi connectivity index (χ0) is 11.5. The van der Waals surface area contributed by atoms with E-state index in [9.17, 15) is 4.79 Å². The molecule has 1 aliphatic rings. The van der Waals surface area contributed by atoms with Crippen molar-refractivity contribution in [3.63, 3.8) is 0 Å². The number of hydrogen-bond acceptors (Lipinski definition) is 3. The van der Waals surface area contributed by atoms with Gasteiger partial charge < -0.3 is 4.74 Å². The molecule has 0 aromatic carbocycles. The number of carbonyl (C=O) groups excluding carboxylic acids is 1. The molecule has 1 aliphatic carbocycles. The van der Waals surface area contributed by atoms with Gasteiger partial charge in [-0.15, -0.1) is 0 Å². The highest BCUT2D eigenvalue weighted by atomic mass is 16.5. The van der Waals surface area contributed by atoms with Gasteiger partial charge in [0.15, 0.2) is 0 Å². The predicted molar refractivity (Wildman–Crippen MR) is 61.6 cm³/mol. The highest BCUT2D eigenvalue weighted by molar-refractivity contribution is 5.81. The van der Waals surface area contributed by atoms with Crippen LogP contribution >= 0.6 is 0 Å². The van der Waals surface area contributed by atoms with Crippen molar-refractivity contribution in [3.05, 3.63) is 24.0 Å². The highest BCUT2D eigenvalue weighted by Crippen LogP contribution is 2.32. The van der Waals surface area contributed by atoms with Gasteiger partial charge in [0.2, 0.25) is 0 Å². The van der Waals surface area contributed by atoms with Gasteiger partial charge in [-0.3, -0.25) is 9.78 Å². The van der Waals surface area contributed by atoms with Crippen LogP contribution in [0.15, 0.2) is 18.5 Å². The Balaban J connectivity index is 2.12. The molecule has 0 amide bonds. The fourth-order valence-electron chi connectivity index (χ4n) is 2.09. The molecule has 0 saturated heterocycles. The Kier molecular flexibility index (Phi) is 3.22. The van der Waals surface area contributed by atoms with Gasteiger partial charge in [-0.25, -0.2) is 0 Å². The minimum Gasteiger partial charge on any atom is -0.489 e. The molecule has 0 aliphatic heterocycles. The van der Waals surface area contributed by atoms with Gasteiger partial charge in [0.1, 0.15) is 11.5 Å². The third kappa shape index (κ3) is 2.60. The summed E-state index contributed by atoms with van der Waals surface area (Å²) in [5.74, 6) is 1.50. The molecule has 86 valence electrons. The first kappa shape index (κ1) is 11.1. The molecule has 0 radical (unpaired) electrons. The van der Waals surface area contributed by atoms with E-state index < -0.39 is 0 Å². The quantitative estimate of drug-likeness (QED) is 0.784. The Morgan fingerprint density at radius 1 is 1.44 bits per heavy atom. The average Bonchev–Trinajstić information content (AvgIpc) is 2.64. The number of nitrogens with zero attached hydrogens (tertiary/aromatic N) is 1. The van der Waals surface area contributed by atoms with Gasteiger partial charge in [-0.1, -0.05) is 0 Å². The maximum Gasteiger partial charge on any atom is 0.138 e. The average molecular weight is 219 g/mol. The van der Waals surface area contributed by atoms with Crippen molar-refractivity contribution in [2.75, 3.05) is 0 Å². The number of hydrogen-bond donors (Lipinski definition) is 0. The highest BCUT2D eigenvalue weighted by Gasteiger charge is 2.24. The Morgan fingerprint density at radius 3 is 2.88 bits per heavy atom. The number of ether oxygens (including phenoxy) is 1. The van der Waals surface area contributed by atoms with E-state index in [2.05, 4.69) is 4.98 Å². The van der Waals surface area contributed by atoms with E-state index in [0.29, 0.717) is 24.5 Å². The standard InChI is InChI=1S/C13H17NO2/c1-9(2)16-13-6-11(7-14-8-13)10-3-4-12(15)5-10/h6-10H,3-5H2,1-2H3. The minimum absolute atomic E-state index is 0.155. The Labute approximate surface area is 95.8 Å². The maximum atomic E-state index is 11.2. The van der Waals surface area contributed by atoms with E-state index in [4.69, 9.17) is 4.74 Å². The Hall–Kier alpha value is -1.38. The number of Topliss-reactive ketones (excluding diaryl/α,β-unsaturated/α-hetero) is 1. The fourth-order valence-corrected chi connectivity index (χ4v) is 2.09. The minimum atomic E-state index is 0.155. The summed E-state index contributed by atoms with van der Waals surface area (Å²) >= 11 is 0. The monoisotopic (exact) mass is 219 g/mol. The van der Waals surface area contributed by atoms with E-state index in [1.807, 2.05) is 26.1 Å². The predicted octanol–water partition coefficient (Wildman–Crippen LogP) is 2.71. The summed E-state index contributed by atoms with van der Waals surface area (Å²) < 4.78 is 5.59. The molecule has 0 bridgehead atoms. The molecule has 1 unspecified atom stereocenters. The van der Waals surface area contributed by atoms with Gasteiger partial charge in [0, 0.05) is 19.0 Å². The van der Waals surface area contributed by atoms with E-state index in [-0.39, 0.29) is 6.10 Å². The second-order valence-electron chi connectivity index (χ2n) is 4.60. The number of carbonyl (C=O) groups is 1. The van der Waals surface area contributed by atoms with Crippen molar-refractivity contribution in [1.82, 2.24) is 4.98 Å². The summed E-state index contributed by atoms with van der Waals surface area (Å²) in [5, 5.41) is 0. The number of aromatic nitrogens is 1. The number of pyridine rings is 1. The zero-order valence-corrected chi connectivity index (χ0v) is 9.77. The van der Waals surface area contributed by atoms with Gasteiger partial charge in [-0.05, 0) is 37.8 Å². The molecule has 1 aromatic heterocycles. The summed E-state index contributed by atoms with van der Waals surface area (Å²) in [6.07, 6.45) is 6.04. The molecule has 1 aromatic rings. The first-order valence-corrected chi connectivity index (χ1v) is 5.78. The van der Waals surface area contributed by atoms with Crippen LogP contribution in [0, 0.1) is 0 Å². The fraction of sp³-hybridized carbons (Fsp3) is 0.538.